The zero-order valence-electron chi connectivity index (χ0n) is 39.2. The number of ketones is 1. The maximum atomic E-state index is 16.1. The van der Waals surface area contributed by atoms with Crippen molar-refractivity contribution in [1.82, 2.24) is 5.32 Å². The van der Waals surface area contributed by atoms with E-state index in [4.69, 9.17) is 28.4 Å². The summed E-state index contributed by atoms with van der Waals surface area (Å²) in [5.41, 5.74) is -7.19. The van der Waals surface area contributed by atoms with Gasteiger partial charge < -0.3 is 44.0 Å². The molecular formula is C52H59NO15. The lowest BCUT2D eigenvalue weighted by molar-refractivity contribution is -0.346. The Morgan fingerprint density at radius 1 is 0.824 bits per heavy atom. The summed E-state index contributed by atoms with van der Waals surface area (Å²) in [6, 6.07) is 22.9. The SMILES string of the molecule is CCCC(=O)O[C@H]1C(=O)[C@]2(C)[C@@H](OC(=O)CC)C[C@H]3OC[C@@]3(OC(C)=O)[C@H]2[C@H](OC(=O)c2ccccc2)[C@]2(O)C[C@H](OC(=O)[C@H](O)[C@@H](NC(=O)c3ccccc3)c3ccccc3)C(C)=C1C2(C)C. The van der Waals surface area contributed by atoms with E-state index < -0.39 is 119 Å². The molecule has 0 aromatic heterocycles. The summed E-state index contributed by atoms with van der Waals surface area (Å²) in [4.78, 5) is 99.1. The lowest BCUT2D eigenvalue weighted by Gasteiger charge is -2.67. The molecule has 68 heavy (non-hydrogen) atoms. The Hall–Kier alpha value is -6.23. The number of nitrogens with one attached hydrogen (secondary N) is 1. The standard InChI is InChI=1S/C52H59NO15/c1-8-19-38(56)66-42-39-29(3)34(64-48(61)41(57)40(31-20-13-10-14-21-31)53-46(59)32-22-15-11-16-23-32)27-52(62,49(39,5)6)45(67-47(60)33-24-17-12-18-25-33)43-50(7,44(42)58)35(65-37(55)9-2)26-36-51(43,28-63-36)68-30(4)54/h10-18,20-25,34-36,40-43,45,57,62H,8-9,19,26-28H2,1-7H3,(H,53,59)/t34-,35-,36+,40-,41+,42+,43-,45-,50+,51-,52+/m0/s1. The fourth-order valence-electron chi connectivity index (χ4n) is 10.8. The Morgan fingerprint density at radius 2 is 1.43 bits per heavy atom. The van der Waals surface area contributed by atoms with Crippen LogP contribution >= 0.6 is 0 Å². The predicted octanol–water partition coefficient (Wildman–Crippen LogP) is 5.48. The Labute approximate surface area is 394 Å². The number of ether oxygens (including phenoxy) is 6. The smallest absolute Gasteiger partial charge is 0.338 e. The van der Waals surface area contributed by atoms with E-state index in [2.05, 4.69) is 5.32 Å². The van der Waals surface area contributed by atoms with E-state index in [9.17, 15) is 39.0 Å². The van der Waals surface area contributed by atoms with Crippen molar-refractivity contribution in [3.05, 3.63) is 119 Å². The van der Waals surface area contributed by atoms with Crippen molar-refractivity contribution in [1.29, 1.82) is 0 Å². The highest BCUT2D eigenvalue weighted by molar-refractivity contribution is 5.96. The van der Waals surface area contributed by atoms with Gasteiger partial charge in [-0.25, -0.2) is 9.59 Å². The van der Waals surface area contributed by atoms with Gasteiger partial charge in [-0.2, -0.15) is 0 Å². The van der Waals surface area contributed by atoms with Crippen LogP contribution in [0.3, 0.4) is 0 Å². The molecule has 3 N–H and O–H groups in total. The average molecular weight is 938 g/mol. The lowest BCUT2D eigenvalue weighted by atomic mass is 9.44. The van der Waals surface area contributed by atoms with Crippen LogP contribution in [-0.4, -0.2) is 106 Å². The normalized spacial score (nSPS) is 30.0. The molecule has 16 nitrogen and oxygen atoms in total. The molecule has 362 valence electrons. The number of carbonyl (C=O) groups is 7. The van der Waals surface area contributed by atoms with E-state index in [0.29, 0.717) is 12.0 Å². The van der Waals surface area contributed by atoms with Crippen LogP contribution in [0.4, 0.5) is 0 Å². The second-order valence-corrected chi connectivity index (χ2v) is 18.8. The molecule has 0 radical (unpaired) electrons. The number of esters is 5. The van der Waals surface area contributed by atoms with Gasteiger partial charge in [0.05, 0.1) is 29.5 Å². The van der Waals surface area contributed by atoms with Crippen LogP contribution in [0.5, 0.6) is 0 Å². The summed E-state index contributed by atoms with van der Waals surface area (Å²) >= 11 is 0. The number of Topliss-reactive ketones (excluding diaryl/α,β-unsaturated/α-hetero) is 1. The van der Waals surface area contributed by atoms with Gasteiger partial charge in [0.15, 0.2) is 23.6 Å². The van der Waals surface area contributed by atoms with E-state index in [0.717, 1.165) is 6.92 Å². The molecule has 1 amide bonds. The maximum absolute atomic E-state index is 16.1. The van der Waals surface area contributed by atoms with Crippen molar-refractivity contribution in [2.24, 2.45) is 16.7 Å². The highest BCUT2D eigenvalue weighted by Gasteiger charge is 2.79. The average Bonchev–Trinajstić information content (AvgIpc) is 3.31. The van der Waals surface area contributed by atoms with E-state index in [1.807, 2.05) is 0 Å². The first-order valence-corrected chi connectivity index (χ1v) is 23.0. The number of benzene rings is 3. The van der Waals surface area contributed by atoms with Gasteiger partial charge in [-0.1, -0.05) is 94.4 Å². The van der Waals surface area contributed by atoms with Crippen molar-refractivity contribution in [3.63, 3.8) is 0 Å². The Balaban J connectivity index is 1.44. The summed E-state index contributed by atoms with van der Waals surface area (Å²) in [7, 11) is 0. The number of fused-ring (bicyclic) bond motifs is 5. The van der Waals surface area contributed by atoms with Crippen molar-refractivity contribution in [2.75, 3.05) is 6.61 Å². The molecule has 2 saturated carbocycles. The highest BCUT2D eigenvalue weighted by atomic mass is 16.6. The maximum Gasteiger partial charge on any atom is 0.338 e. The van der Waals surface area contributed by atoms with Gasteiger partial charge in [0.2, 0.25) is 0 Å². The van der Waals surface area contributed by atoms with E-state index in [1.54, 1.807) is 113 Å². The molecule has 0 spiro atoms. The zero-order chi connectivity index (χ0) is 49.3. The summed E-state index contributed by atoms with van der Waals surface area (Å²) in [5.74, 6) is -7.48. The van der Waals surface area contributed by atoms with Crippen LogP contribution in [0.15, 0.2) is 102 Å². The van der Waals surface area contributed by atoms with Gasteiger partial charge in [0.1, 0.15) is 30.0 Å². The van der Waals surface area contributed by atoms with Gasteiger partial charge in [0.25, 0.3) is 5.91 Å². The number of aliphatic hydroxyl groups excluding tert-OH is 1. The number of rotatable bonds is 14. The summed E-state index contributed by atoms with van der Waals surface area (Å²) in [6.45, 7) is 10.3. The third kappa shape index (κ3) is 8.73. The topological polar surface area (TPSA) is 227 Å². The second-order valence-electron chi connectivity index (χ2n) is 18.8. The van der Waals surface area contributed by atoms with Crippen LogP contribution in [0.1, 0.15) is 113 Å². The number of amides is 1. The van der Waals surface area contributed by atoms with Gasteiger partial charge >= 0.3 is 29.8 Å². The largest absolute Gasteiger partial charge is 0.461 e. The minimum Gasteiger partial charge on any atom is -0.461 e. The van der Waals surface area contributed by atoms with Crippen LogP contribution in [-0.2, 0) is 52.4 Å². The van der Waals surface area contributed by atoms with Crippen molar-refractivity contribution >= 4 is 41.5 Å². The molecule has 3 aromatic rings. The Morgan fingerprint density at radius 3 is 1.99 bits per heavy atom. The molecule has 7 rings (SSSR count). The first-order chi connectivity index (χ1) is 32.2. The van der Waals surface area contributed by atoms with Crippen LogP contribution in [0, 0.1) is 16.7 Å². The molecule has 1 heterocycles. The number of hydrogen-bond acceptors (Lipinski definition) is 15. The van der Waals surface area contributed by atoms with Crippen LogP contribution in [0.2, 0.25) is 0 Å². The van der Waals surface area contributed by atoms with Gasteiger partial charge in [-0.3, -0.25) is 24.0 Å². The number of aliphatic hydroxyl groups is 2. The predicted molar refractivity (Wildman–Crippen MR) is 241 cm³/mol. The number of carbonyl (C=O) groups excluding carboxylic acids is 7. The third-order valence-electron chi connectivity index (χ3n) is 14.4. The zero-order valence-corrected chi connectivity index (χ0v) is 39.2. The second kappa shape index (κ2) is 19.4. The molecule has 3 aromatic carbocycles. The van der Waals surface area contributed by atoms with Crippen LogP contribution in [0.25, 0.3) is 0 Å². The van der Waals surface area contributed by atoms with Crippen molar-refractivity contribution < 1.29 is 72.2 Å². The molecule has 3 aliphatic carbocycles. The minimum absolute atomic E-state index is 0.000458. The van der Waals surface area contributed by atoms with Gasteiger partial charge in [-0.05, 0) is 61.2 Å². The van der Waals surface area contributed by atoms with Crippen molar-refractivity contribution in [2.45, 2.75) is 134 Å². The summed E-state index contributed by atoms with van der Waals surface area (Å²) in [6.07, 6.45) is -10.4. The summed E-state index contributed by atoms with van der Waals surface area (Å²) in [5, 5.41) is 28.6. The number of hydrogen-bond donors (Lipinski definition) is 3. The molecule has 3 fully saturated rings. The third-order valence-corrected chi connectivity index (χ3v) is 14.4. The molecule has 16 heteroatoms. The molecular weight excluding hydrogens is 879 g/mol. The Kier molecular flexibility index (Phi) is 14.2. The molecule has 0 unspecified atom stereocenters. The van der Waals surface area contributed by atoms with E-state index in [1.165, 1.54) is 19.1 Å². The van der Waals surface area contributed by atoms with Gasteiger partial charge in [-0.15, -0.1) is 0 Å². The van der Waals surface area contributed by atoms with Crippen LogP contribution < -0.4 is 5.32 Å². The lowest BCUT2D eigenvalue weighted by Crippen LogP contribution is -2.82. The molecule has 1 saturated heterocycles. The fraction of sp³-hybridized carbons (Fsp3) is 0.481. The quantitative estimate of drug-likeness (QED) is 0.103. The molecule has 2 bridgehead atoms. The van der Waals surface area contributed by atoms with Gasteiger partial charge in [0, 0.05) is 43.6 Å². The highest BCUT2D eigenvalue weighted by Crippen LogP contribution is 2.65. The summed E-state index contributed by atoms with van der Waals surface area (Å²) < 4.78 is 37.2. The van der Waals surface area contributed by atoms with E-state index >= 15 is 4.79 Å². The Bertz CT molecular complexity index is 2460. The van der Waals surface area contributed by atoms with Crippen molar-refractivity contribution in [3.8, 4) is 0 Å². The van der Waals surface area contributed by atoms with E-state index in [-0.39, 0.29) is 48.1 Å². The monoisotopic (exact) mass is 937 g/mol. The minimum atomic E-state index is -2.44. The fourth-order valence-corrected chi connectivity index (χ4v) is 10.8. The molecule has 4 aliphatic rings. The first-order valence-electron chi connectivity index (χ1n) is 23.0. The molecule has 1 aliphatic heterocycles. The molecule has 11 atom stereocenters. The first kappa shape index (κ1) is 49.7.